The van der Waals surface area contributed by atoms with Gasteiger partial charge in [-0.15, -0.1) is 11.8 Å². The molecule has 30 heavy (non-hydrogen) atoms. The number of nitrogens with zero attached hydrogens (tertiary/aromatic N) is 1. The average Bonchev–Trinajstić information content (AvgIpc) is 3.46. The number of likely N-dealkylation sites (tertiary alicyclic amines) is 1. The fraction of sp³-hybridized carbons (Fsp3) is 0.696. The van der Waals surface area contributed by atoms with E-state index in [0.29, 0.717) is 35.7 Å². The molecular formula is C23H34FNO4S. The van der Waals surface area contributed by atoms with Crippen LogP contribution in [0.5, 0.6) is 0 Å². The number of hydrogen-bond acceptors (Lipinski definition) is 5. The van der Waals surface area contributed by atoms with Gasteiger partial charge in [-0.3, -0.25) is 0 Å². The van der Waals surface area contributed by atoms with Crippen LogP contribution in [0, 0.1) is 23.6 Å². The molecule has 2 aliphatic rings. The van der Waals surface area contributed by atoms with Gasteiger partial charge in [-0.2, -0.15) is 0 Å². The van der Waals surface area contributed by atoms with E-state index in [2.05, 4.69) is 0 Å². The highest BCUT2D eigenvalue weighted by Gasteiger charge is 2.44. The molecule has 1 heterocycles. The summed E-state index contributed by atoms with van der Waals surface area (Å²) in [6.07, 6.45) is 2.99. The molecule has 0 aromatic heterocycles. The van der Waals surface area contributed by atoms with Gasteiger partial charge in [0, 0.05) is 29.3 Å². The van der Waals surface area contributed by atoms with Gasteiger partial charge >= 0.3 is 6.09 Å². The van der Waals surface area contributed by atoms with Crippen LogP contribution in [0.4, 0.5) is 9.18 Å². The summed E-state index contributed by atoms with van der Waals surface area (Å²) < 4.78 is 25.5. The van der Waals surface area contributed by atoms with E-state index in [-0.39, 0.29) is 25.1 Å². The van der Waals surface area contributed by atoms with Gasteiger partial charge in [0.1, 0.15) is 11.4 Å². The van der Waals surface area contributed by atoms with E-state index >= 15 is 0 Å². The number of carbonyl (C=O) groups excluding carboxylic acids is 1. The van der Waals surface area contributed by atoms with Gasteiger partial charge in [0.05, 0.1) is 19.8 Å². The zero-order valence-corrected chi connectivity index (χ0v) is 19.0. The smallest absolute Gasteiger partial charge is 0.410 e. The molecule has 5 nitrogen and oxygen atoms in total. The average molecular weight is 440 g/mol. The van der Waals surface area contributed by atoms with Gasteiger partial charge in [0.25, 0.3) is 0 Å². The Balaban J connectivity index is 1.35. The van der Waals surface area contributed by atoms with E-state index < -0.39 is 5.60 Å². The van der Waals surface area contributed by atoms with Crippen molar-refractivity contribution in [2.45, 2.75) is 57.1 Å². The van der Waals surface area contributed by atoms with Crippen LogP contribution in [0.2, 0.25) is 0 Å². The van der Waals surface area contributed by atoms with Crippen LogP contribution in [0.15, 0.2) is 23.1 Å². The third-order valence-electron chi connectivity index (χ3n) is 5.75. The molecule has 1 aromatic carbocycles. The number of aliphatic hydroxyl groups excluding tert-OH is 1. The van der Waals surface area contributed by atoms with Crippen LogP contribution < -0.4 is 0 Å². The van der Waals surface area contributed by atoms with E-state index in [1.54, 1.807) is 6.07 Å². The quantitative estimate of drug-likeness (QED) is 0.595. The standard InChI is InChI=1S/C23H34FNO4S/c1-23(2,3)29-22(27)25-8-6-16(7-9-25)20-12-18(20)15-28-14-17-4-5-19(13-21(17)24)30-11-10-26/h4-5,13,16,18,20,26H,6-12,14-15H2,1-3H3. The summed E-state index contributed by atoms with van der Waals surface area (Å²) in [5, 5.41) is 8.86. The van der Waals surface area contributed by atoms with E-state index in [1.807, 2.05) is 31.7 Å². The van der Waals surface area contributed by atoms with Crippen LogP contribution >= 0.6 is 11.8 Å². The number of halogens is 1. The van der Waals surface area contributed by atoms with Crippen molar-refractivity contribution in [3.05, 3.63) is 29.6 Å². The molecule has 1 saturated heterocycles. The lowest BCUT2D eigenvalue weighted by atomic mass is 9.91. The maximum Gasteiger partial charge on any atom is 0.410 e. The van der Waals surface area contributed by atoms with Crippen molar-refractivity contribution in [2.24, 2.45) is 17.8 Å². The highest BCUT2D eigenvalue weighted by molar-refractivity contribution is 7.99. The summed E-state index contributed by atoms with van der Waals surface area (Å²) in [5.41, 5.74) is 0.122. The SMILES string of the molecule is CC(C)(C)OC(=O)N1CCC(C2CC2COCc2ccc(SCCO)cc2F)CC1. The molecule has 1 N–H and O–H groups in total. The first-order valence-corrected chi connectivity index (χ1v) is 11.8. The summed E-state index contributed by atoms with van der Waals surface area (Å²) in [5.74, 6) is 2.16. The van der Waals surface area contributed by atoms with Crippen molar-refractivity contribution >= 4 is 17.9 Å². The Kier molecular flexibility index (Phi) is 8.04. The molecule has 168 valence electrons. The van der Waals surface area contributed by atoms with E-state index in [1.165, 1.54) is 17.8 Å². The van der Waals surface area contributed by atoms with Crippen molar-refractivity contribution in [3.8, 4) is 0 Å². The van der Waals surface area contributed by atoms with Gasteiger partial charge in [0.15, 0.2) is 0 Å². The molecule has 1 amide bonds. The fourth-order valence-corrected chi connectivity index (χ4v) is 4.77. The van der Waals surface area contributed by atoms with Crippen molar-refractivity contribution in [1.82, 2.24) is 4.90 Å². The molecule has 0 bridgehead atoms. The molecule has 1 saturated carbocycles. The zero-order valence-electron chi connectivity index (χ0n) is 18.2. The van der Waals surface area contributed by atoms with Gasteiger partial charge < -0.3 is 19.5 Å². The third kappa shape index (κ3) is 6.86. The Morgan fingerprint density at radius 3 is 2.67 bits per heavy atom. The molecule has 0 radical (unpaired) electrons. The minimum Gasteiger partial charge on any atom is -0.444 e. The molecule has 2 fully saturated rings. The Bertz CT molecular complexity index is 716. The monoisotopic (exact) mass is 439 g/mol. The first-order valence-electron chi connectivity index (χ1n) is 10.8. The van der Waals surface area contributed by atoms with Gasteiger partial charge in [0.2, 0.25) is 0 Å². The molecule has 1 aliphatic heterocycles. The van der Waals surface area contributed by atoms with Crippen LogP contribution in [-0.4, -0.2) is 53.8 Å². The predicted molar refractivity (Wildman–Crippen MR) is 116 cm³/mol. The summed E-state index contributed by atoms with van der Waals surface area (Å²) in [4.78, 5) is 14.8. The number of amides is 1. The number of ether oxygens (including phenoxy) is 2. The number of benzene rings is 1. The van der Waals surface area contributed by atoms with E-state index in [0.717, 1.165) is 37.2 Å². The van der Waals surface area contributed by atoms with Crippen LogP contribution in [-0.2, 0) is 16.1 Å². The second-order valence-electron chi connectivity index (χ2n) is 9.30. The number of rotatable bonds is 8. The number of piperidine rings is 1. The Labute approximate surface area is 183 Å². The lowest BCUT2D eigenvalue weighted by Gasteiger charge is -2.33. The normalized spacial score (nSPS) is 22.2. The lowest BCUT2D eigenvalue weighted by molar-refractivity contribution is 0.0169. The fourth-order valence-electron chi connectivity index (χ4n) is 4.10. The number of carbonyl (C=O) groups is 1. The summed E-state index contributed by atoms with van der Waals surface area (Å²) in [6.45, 7) is 8.23. The van der Waals surface area contributed by atoms with Crippen LogP contribution in [0.25, 0.3) is 0 Å². The Morgan fingerprint density at radius 1 is 1.30 bits per heavy atom. The number of aliphatic hydroxyl groups is 1. The van der Waals surface area contributed by atoms with E-state index in [4.69, 9.17) is 14.6 Å². The topological polar surface area (TPSA) is 59.0 Å². The molecule has 2 atom stereocenters. The minimum atomic E-state index is -0.453. The molecular weight excluding hydrogens is 405 g/mol. The van der Waals surface area contributed by atoms with Crippen molar-refractivity contribution < 1.29 is 23.8 Å². The van der Waals surface area contributed by atoms with Gasteiger partial charge in [-0.25, -0.2) is 9.18 Å². The highest BCUT2D eigenvalue weighted by Crippen LogP contribution is 2.48. The van der Waals surface area contributed by atoms with Crippen molar-refractivity contribution in [3.63, 3.8) is 0 Å². The van der Waals surface area contributed by atoms with Gasteiger partial charge in [-0.1, -0.05) is 6.07 Å². The second kappa shape index (κ2) is 10.3. The van der Waals surface area contributed by atoms with Crippen molar-refractivity contribution in [1.29, 1.82) is 0 Å². The maximum absolute atomic E-state index is 14.2. The first-order chi connectivity index (χ1) is 14.3. The molecule has 3 rings (SSSR count). The lowest BCUT2D eigenvalue weighted by Crippen LogP contribution is -2.42. The summed E-state index contributed by atoms with van der Waals surface area (Å²) in [7, 11) is 0. The minimum absolute atomic E-state index is 0.0831. The molecule has 1 aliphatic carbocycles. The highest BCUT2D eigenvalue weighted by atomic mass is 32.2. The molecule has 0 spiro atoms. The number of thioether (sulfide) groups is 1. The Hall–Kier alpha value is -1.31. The van der Waals surface area contributed by atoms with Crippen LogP contribution in [0.3, 0.4) is 0 Å². The third-order valence-corrected chi connectivity index (χ3v) is 6.72. The second-order valence-corrected chi connectivity index (χ2v) is 10.5. The molecule has 2 unspecified atom stereocenters. The predicted octanol–water partition coefficient (Wildman–Crippen LogP) is 4.71. The zero-order chi connectivity index (χ0) is 21.7. The van der Waals surface area contributed by atoms with Crippen LogP contribution in [0.1, 0.15) is 45.6 Å². The van der Waals surface area contributed by atoms with Crippen molar-refractivity contribution in [2.75, 3.05) is 32.1 Å². The maximum atomic E-state index is 14.2. The molecule has 7 heteroatoms. The van der Waals surface area contributed by atoms with Gasteiger partial charge in [-0.05, 0) is 69.9 Å². The largest absolute Gasteiger partial charge is 0.444 e. The first kappa shape index (κ1) is 23.4. The van der Waals surface area contributed by atoms with E-state index in [9.17, 15) is 9.18 Å². The molecule has 1 aromatic rings. The summed E-state index contributed by atoms with van der Waals surface area (Å²) >= 11 is 1.44. The number of hydrogen-bond donors (Lipinski definition) is 1. The Morgan fingerprint density at radius 2 is 2.03 bits per heavy atom. The summed E-state index contributed by atoms with van der Waals surface area (Å²) in [6, 6.07) is 5.16.